The van der Waals surface area contributed by atoms with Crippen molar-refractivity contribution in [3.8, 4) is 40.2 Å². The highest BCUT2D eigenvalue weighted by Crippen LogP contribution is 2.46. The summed E-state index contributed by atoms with van der Waals surface area (Å²) in [6.07, 6.45) is -4.71. The first-order valence-corrected chi connectivity index (χ1v) is 16.7. The number of esters is 1. The Kier molecular flexibility index (Phi) is 9.38. The van der Waals surface area contributed by atoms with Crippen LogP contribution >= 0.6 is 0 Å². The molecular formula is C41H34O12. The molecule has 53 heavy (non-hydrogen) atoms. The molecule has 0 saturated heterocycles. The predicted octanol–water partition coefficient (Wildman–Crippen LogP) is 5.95. The van der Waals surface area contributed by atoms with E-state index in [1.165, 1.54) is 25.3 Å². The zero-order valence-electron chi connectivity index (χ0n) is 28.5. The average Bonchev–Trinajstić information content (AvgIpc) is 3.17. The molecule has 0 aromatic heterocycles. The molecule has 2 unspecified atom stereocenters. The van der Waals surface area contributed by atoms with Gasteiger partial charge in [-0.3, -0.25) is 14.4 Å². The number of aliphatic hydroxyl groups excluding tert-OH is 1. The normalized spacial score (nSPS) is 19.3. The fourth-order valence-electron chi connectivity index (χ4n) is 6.40. The number of aliphatic hydroxyl groups is 1. The lowest BCUT2D eigenvalue weighted by atomic mass is 9.92. The summed E-state index contributed by atoms with van der Waals surface area (Å²) >= 11 is 0. The van der Waals surface area contributed by atoms with Crippen LogP contribution in [0.4, 0.5) is 0 Å². The van der Waals surface area contributed by atoms with E-state index in [0.717, 1.165) is 6.07 Å². The molecule has 0 bridgehead atoms. The largest absolute Gasteiger partial charge is 0.508 e. The maximum atomic E-state index is 13.4. The maximum absolute atomic E-state index is 13.4. The smallest absolute Gasteiger partial charge is 0.313 e. The molecule has 0 aliphatic carbocycles. The van der Waals surface area contributed by atoms with E-state index < -0.39 is 47.8 Å². The van der Waals surface area contributed by atoms with Crippen molar-refractivity contribution < 1.29 is 58.5 Å². The molecule has 0 amide bonds. The summed E-state index contributed by atoms with van der Waals surface area (Å²) in [7, 11) is 1.40. The van der Waals surface area contributed by atoms with Gasteiger partial charge in [0.2, 0.25) is 5.78 Å². The second kappa shape index (κ2) is 14.2. The molecule has 5 atom stereocenters. The van der Waals surface area contributed by atoms with Crippen LogP contribution in [0.15, 0.2) is 103 Å². The van der Waals surface area contributed by atoms with Gasteiger partial charge in [-0.2, -0.15) is 0 Å². The molecule has 2 heterocycles. The van der Waals surface area contributed by atoms with Gasteiger partial charge in [0.05, 0.1) is 13.0 Å². The Balaban J connectivity index is 1.13. The van der Waals surface area contributed by atoms with Gasteiger partial charge >= 0.3 is 5.97 Å². The van der Waals surface area contributed by atoms with Crippen molar-refractivity contribution in [1.29, 1.82) is 0 Å². The SMILES string of the molecule is COc1cc(C2Oc3cc([C@@H]4Oc5cc(O)cc(O)c5C(=O)C4O)ccc3O[C@H]2COC(=O)[C@@H](C)c2cccc(C(=O)c3ccccc3)c2)ccc1O. The van der Waals surface area contributed by atoms with Crippen LogP contribution in [0, 0.1) is 0 Å². The number of ketones is 2. The van der Waals surface area contributed by atoms with Crippen LogP contribution in [0.5, 0.6) is 40.2 Å². The number of hydrogen-bond donors (Lipinski definition) is 4. The minimum Gasteiger partial charge on any atom is -0.508 e. The summed E-state index contributed by atoms with van der Waals surface area (Å²) < 4.78 is 29.8. The second-order valence-corrected chi connectivity index (χ2v) is 12.7. The predicted molar refractivity (Wildman–Crippen MR) is 188 cm³/mol. The first-order chi connectivity index (χ1) is 25.5. The van der Waals surface area contributed by atoms with E-state index in [4.69, 9.17) is 23.7 Å². The van der Waals surface area contributed by atoms with E-state index in [2.05, 4.69) is 0 Å². The minimum atomic E-state index is -1.69. The van der Waals surface area contributed by atoms with Gasteiger partial charge in [-0.1, -0.05) is 60.7 Å². The molecule has 0 radical (unpaired) electrons. The molecule has 12 heteroatoms. The van der Waals surface area contributed by atoms with E-state index in [0.29, 0.717) is 27.8 Å². The number of Topliss-reactive ketones (excluding diaryl/α,β-unsaturated/α-hetero) is 1. The van der Waals surface area contributed by atoms with Crippen LogP contribution in [0.3, 0.4) is 0 Å². The summed E-state index contributed by atoms with van der Waals surface area (Å²) in [5.74, 6) is -2.66. The summed E-state index contributed by atoms with van der Waals surface area (Å²) in [6, 6.07) is 27.1. The molecule has 270 valence electrons. The van der Waals surface area contributed by atoms with Gasteiger partial charge in [0.15, 0.2) is 53.2 Å². The number of benzene rings is 5. The Morgan fingerprint density at radius 1 is 0.736 bits per heavy atom. The van der Waals surface area contributed by atoms with Gasteiger partial charge in [0.25, 0.3) is 0 Å². The topological polar surface area (TPSA) is 178 Å². The highest BCUT2D eigenvalue weighted by molar-refractivity contribution is 6.09. The number of phenols is 3. The number of rotatable bonds is 9. The Labute approximate surface area is 303 Å². The minimum absolute atomic E-state index is 0.0996. The highest BCUT2D eigenvalue weighted by atomic mass is 16.6. The average molecular weight is 719 g/mol. The molecule has 5 aromatic carbocycles. The van der Waals surface area contributed by atoms with Gasteiger partial charge in [-0.15, -0.1) is 0 Å². The third-order valence-electron chi connectivity index (χ3n) is 9.25. The maximum Gasteiger partial charge on any atom is 0.313 e. The first-order valence-electron chi connectivity index (χ1n) is 16.7. The van der Waals surface area contributed by atoms with Gasteiger partial charge in [-0.05, 0) is 48.4 Å². The Hall–Kier alpha value is -6.53. The monoisotopic (exact) mass is 718 g/mol. The van der Waals surface area contributed by atoms with E-state index in [9.17, 15) is 34.8 Å². The summed E-state index contributed by atoms with van der Waals surface area (Å²) in [4.78, 5) is 39.5. The van der Waals surface area contributed by atoms with E-state index >= 15 is 0 Å². The summed E-state index contributed by atoms with van der Waals surface area (Å²) in [6.45, 7) is 1.43. The van der Waals surface area contributed by atoms with Crippen molar-refractivity contribution >= 4 is 17.5 Å². The molecular weight excluding hydrogens is 684 g/mol. The summed E-state index contributed by atoms with van der Waals surface area (Å²) in [5.41, 5.74) is 2.15. The van der Waals surface area contributed by atoms with E-state index in [1.54, 1.807) is 79.7 Å². The molecule has 5 aromatic rings. The molecule has 12 nitrogen and oxygen atoms in total. The van der Waals surface area contributed by atoms with E-state index in [-0.39, 0.29) is 52.5 Å². The van der Waals surface area contributed by atoms with Crippen molar-refractivity contribution in [1.82, 2.24) is 0 Å². The number of aromatic hydroxyl groups is 3. The Bertz CT molecular complexity index is 2210. The van der Waals surface area contributed by atoms with Gasteiger partial charge < -0.3 is 44.1 Å². The third-order valence-corrected chi connectivity index (χ3v) is 9.25. The standard InChI is InChI=1S/C41H34O12/c1-21(23-9-6-10-24(15-23)36(45)22-7-4-3-5-8-22)41(48)50-20-34-39(25-11-13-28(43)31(16-25)49-2)52-32-17-26(12-14-30(32)51-34)40-38(47)37(46)35-29(44)18-27(42)19-33(35)53-40/h3-19,21,34,38-40,42-44,47H,20H2,1-2H3/t21-,34-,38?,39?,40-/m0/s1. The number of fused-ring (bicyclic) bond motifs is 2. The Morgan fingerprint density at radius 3 is 2.23 bits per heavy atom. The molecule has 0 saturated carbocycles. The van der Waals surface area contributed by atoms with Crippen LogP contribution in [-0.2, 0) is 9.53 Å². The fraction of sp³-hybridized carbons (Fsp3) is 0.195. The molecule has 2 aliphatic rings. The van der Waals surface area contributed by atoms with Gasteiger partial charge in [0.1, 0.15) is 29.4 Å². The number of ether oxygens (including phenoxy) is 5. The molecule has 2 aliphatic heterocycles. The van der Waals surface area contributed by atoms with Crippen LogP contribution in [-0.4, -0.2) is 63.9 Å². The van der Waals surface area contributed by atoms with Gasteiger partial charge in [0, 0.05) is 28.8 Å². The second-order valence-electron chi connectivity index (χ2n) is 12.7. The lowest BCUT2D eigenvalue weighted by molar-refractivity contribution is -0.150. The highest BCUT2D eigenvalue weighted by Gasteiger charge is 2.41. The number of carbonyl (C=O) groups is 3. The van der Waals surface area contributed by atoms with Crippen LogP contribution in [0.2, 0.25) is 0 Å². The first kappa shape index (κ1) is 34.9. The Morgan fingerprint density at radius 2 is 1.45 bits per heavy atom. The van der Waals surface area contributed by atoms with E-state index in [1.807, 2.05) is 6.07 Å². The number of carbonyl (C=O) groups excluding carboxylic acids is 3. The van der Waals surface area contributed by atoms with Crippen molar-refractivity contribution in [3.05, 3.63) is 137 Å². The quantitative estimate of drug-likeness (QED) is 0.104. The van der Waals surface area contributed by atoms with Crippen LogP contribution in [0.1, 0.15) is 68.0 Å². The summed E-state index contributed by atoms with van der Waals surface area (Å²) in [5, 5.41) is 41.4. The number of methoxy groups -OCH3 is 1. The zero-order valence-corrected chi connectivity index (χ0v) is 28.5. The zero-order chi connectivity index (χ0) is 37.4. The molecule has 0 spiro atoms. The number of phenolic OH excluding ortho intramolecular Hbond substituents is 3. The van der Waals surface area contributed by atoms with Crippen molar-refractivity contribution in [2.24, 2.45) is 0 Å². The van der Waals surface area contributed by atoms with Crippen molar-refractivity contribution in [2.45, 2.75) is 37.3 Å². The lowest BCUT2D eigenvalue weighted by Crippen LogP contribution is -2.38. The van der Waals surface area contributed by atoms with Crippen LogP contribution < -0.4 is 18.9 Å². The molecule has 0 fully saturated rings. The molecule has 4 N–H and O–H groups in total. The fourth-order valence-corrected chi connectivity index (χ4v) is 6.40. The third kappa shape index (κ3) is 6.79. The lowest BCUT2D eigenvalue weighted by Gasteiger charge is -2.35. The number of hydrogen-bond acceptors (Lipinski definition) is 12. The van der Waals surface area contributed by atoms with Crippen molar-refractivity contribution in [3.63, 3.8) is 0 Å². The van der Waals surface area contributed by atoms with Gasteiger partial charge in [-0.25, -0.2) is 0 Å². The van der Waals surface area contributed by atoms with Crippen molar-refractivity contribution in [2.75, 3.05) is 13.7 Å². The molecule has 7 rings (SSSR count). The van der Waals surface area contributed by atoms with Crippen LogP contribution in [0.25, 0.3) is 0 Å².